The summed E-state index contributed by atoms with van der Waals surface area (Å²) in [5.74, 6) is -0.297. The summed E-state index contributed by atoms with van der Waals surface area (Å²) in [7, 11) is 1.59. The lowest BCUT2D eigenvalue weighted by molar-refractivity contribution is -0.117. The zero-order valence-electron chi connectivity index (χ0n) is 13.6. The van der Waals surface area contributed by atoms with Crippen LogP contribution >= 0.6 is 0 Å². The van der Waals surface area contributed by atoms with Crippen LogP contribution in [0.4, 0.5) is 0 Å². The Labute approximate surface area is 136 Å². The van der Waals surface area contributed by atoms with E-state index in [4.69, 9.17) is 0 Å². The molecule has 0 saturated heterocycles. The molecule has 2 unspecified atom stereocenters. The quantitative estimate of drug-likeness (QED) is 0.724. The van der Waals surface area contributed by atoms with Gasteiger partial charge in [-0.1, -0.05) is 25.5 Å². The maximum atomic E-state index is 12.1. The summed E-state index contributed by atoms with van der Waals surface area (Å²) in [6, 6.07) is 7.04. The Morgan fingerprint density at radius 1 is 1.35 bits per heavy atom. The van der Waals surface area contributed by atoms with E-state index < -0.39 is 0 Å². The minimum atomic E-state index is -0.224. The third-order valence-corrected chi connectivity index (χ3v) is 4.59. The third-order valence-electron chi connectivity index (χ3n) is 4.59. The molecule has 1 aromatic rings. The van der Waals surface area contributed by atoms with Crippen LogP contribution in [0.1, 0.15) is 42.1 Å². The molecule has 5 heteroatoms. The molecule has 0 heterocycles. The van der Waals surface area contributed by atoms with Gasteiger partial charge in [-0.05, 0) is 36.6 Å². The van der Waals surface area contributed by atoms with Crippen molar-refractivity contribution in [2.75, 3.05) is 13.7 Å². The van der Waals surface area contributed by atoms with Crippen LogP contribution in [0, 0.1) is 5.41 Å². The van der Waals surface area contributed by atoms with E-state index in [1.807, 2.05) is 6.92 Å². The van der Waals surface area contributed by atoms with Crippen LogP contribution in [-0.2, 0) is 4.79 Å². The number of nitrogens with one attached hydrogen (secondary N) is 2. The van der Waals surface area contributed by atoms with Gasteiger partial charge in [-0.2, -0.15) is 0 Å². The molecular formula is C18H24N2O3. The van der Waals surface area contributed by atoms with Gasteiger partial charge < -0.3 is 15.7 Å². The number of carbonyl (C=O) groups is 2. The number of hydrogen-bond donors (Lipinski definition) is 3. The highest BCUT2D eigenvalue weighted by atomic mass is 16.3. The Bertz CT molecular complexity index is 595. The van der Waals surface area contributed by atoms with Crippen LogP contribution in [-0.4, -0.2) is 36.6 Å². The van der Waals surface area contributed by atoms with Gasteiger partial charge in [-0.15, -0.1) is 0 Å². The summed E-state index contributed by atoms with van der Waals surface area (Å²) in [4.78, 5) is 23.5. The van der Waals surface area contributed by atoms with E-state index in [9.17, 15) is 14.7 Å². The first-order chi connectivity index (χ1) is 11.0. The second kappa shape index (κ2) is 7.42. The molecule has 0 bridgehead atoms. The van der Waals surface area contributed by atoms with Crippen LogP contribution < -0.4 is 10.6 Å². The van der Waals surface area contributed by atoms with Crippen LogP contribution in [0.15, 0.2) is 30.3 Å². The molecule has 23 heavy (non-hydrogen) atoms. The lowest BCUT2D eigenvalue weighted by Crippen LogP contribution is -2.44. The summed E-state index contributed by atoms with van der Waals surface area (Å²) in [6.45, 7) is 2.09. The average molecular weight is 316 g/mol. The van der Waals surface area contributed by atoms with Gasteiger partial charge in [-0.25, -0.2) is 0 Å². The van der Waals surface area contributed by atoms with Crippen LogP contribution in [0.2, 0.25) is 0 Å². The Kier molecular flexibility index (Phi) is 5.55. The Hall–Kier alpha value is -2.14. The zero-order chi connectivity index (χ0) is 16.9. The fourth-order valence-corrected chi connectivity index (χ4v) is 2.95. The molecule has 1 fully saturated rings. The molecule has 0 spiro atoms. The SMILES string of the molecule is CNC(=O)c1ccc(/C=C/C(=O)NC2CCCC2(C)CO)cc1. The van der Waals surface area contributed by atoms with Crippen molar-refractivity contribution < 1.29 is 14.7 Å². The summed E-state index contributed by atoms with van der Waals surface area (Å²) < 4.78 is 0. The van der Waals surface area contributed by atoms with Crippen molar-refractivity contribution in [2.45, 2.75) is 32.2 Å². The van der Waals surface area contributed by atoms with Gasteiger partial charge in [0.15, 0.2) is 0 Å². The zero-order valence-corrected chi connectivity index (χ0v) is 13.6. The fourth-order valence-electron chi connectivity index (χ4n) is 2.95. The van der Waals surface area contributed by atoms with Gasteiger partial charge in [0, 0.05) is 30.1 Å². The van der Waals surface area contributed by atoms with E-state index in [1.54, 1.807) is 37.4 Å². The second-order valence-corrected chi connectivity index (χ2v) is 6.30. The summed E-state index contributed by atoms with van der Waals surface area (Å²) in [6.07, 6.45) is 6.06. The number of benzene rings is 1. The molecule has 3 N–H and O–H groups in total. The predicted octanol–water partition coefficient (Wildman–Crippen LogP) is 1.73. The molecule has 0 aliphatic heterocycles. The average Bonchev–Trinajstić information content (AvgIpc) is 2.94. The van der Waals surface area contributed by atoms with Crippen molar-refractivity contribution in [3.05, 3.63) is 41.5 Å². The van der Waals surface area contributed by atoms with Gasteiger partial charge >= 0.3 is 0 Å². The standard InChI is InChI=1S/C18H24N2O3/c1-18(12-21)11-3-4-15(18)20-16(22)10-7-13-5-8-14(9-6-13)17(23)19-2/h5-10,15,21H,3-4,11-12H2,1-2H3,(H,19,23)(H,20,22)/b10-7+. The van der Waals surface area contributed by atoms with Crippen molar-refractivity contribution in [1.29, 1.82) is 0 Å². The van der Waals surface area contributed by atoms with Crippen molar-refractivity contribution in [3.63, 3.8) is 0 Å². The monoisotopic (exact) mass is 316 g/mol. The number of amides is 2. The highest BCUT2D eigenvalue weighted by molar-refractivity contribution is 5.94. The maximum Gasteiger partial charge on any atom is 0.251 e. The van der Waals surface area contributed by atoms with Crippen molar-refractivity contribution in [1.82, 2.24) is 10.6 Å². The largest absolute Gasteiger partial charge is 0.396 e. The van der Waals surface area contributed by atoms with Gasteiger partial charge in [0.05, 0.1) is 6.61 Å². The molecule has 1 aromatic carbocycles. The van der Waals surface area contributed by atoms with Crippen molar-refractivity contribution in [2.24, 2.45) is 5.41 Å². The van der Waals surface area contributed by atoms with Crippen LogP contribution in [0.5, 0.6) is 0 Å². The minimum Gasteiger partial charge on any atom is -0.396 e. The normalized spacial score (nSPS) is 23.9. The number of carbonyl (C=O) groups excluding carboxylic acids is 2. The van der Waals surface area contributed by atoms with Gasteiger partial charge in [0.25, 0.3) is 5.91 Å². The number of aliphatic hydroxyl groups is 1. The molecule has 2 rings (SSSR count). The van der Waals surface area contributed by atoms with Gasteiger partial charge in [0.2, 0.25) is 5.91 Å². The van der Waals surface area contributed by atoms with Crippen molar-refractivity contribution >= 4 is 17.9 Å². The molecule has 0 aromatic heterocycles. The third kappa shape index (κ3) is 4.20. The van der Waals surface area contributed by atoms with E-state index >= 15 is 0 Å². The molecule has 124 valence electrons. The molecule has 1 saturated carbocycles. The Morgan fingerprint density at radius 3 is 2.65 bits per heavy atom. The highest BCUT2D eigenvalue weighted by Crippen LogP contribution is 2.37. The van der Waals surface area contributed by atoms with Crippen LogP contribution in [0.3, 0.4) is 0 Å². The fraction of sp³-hybridized carbons (Fsp3) is 0.444. The summed E-state index contributed by atoms with van der Waals surface area (Å²) in [5, 5.41) is 15.0. The lowest BCUT2D eigenvalue weighted by atomic mass is 9.86. The van der Waals surface area contributed by atoms with E-state index in [0.29, 0.717) is 5.56 Å². The smallest absolute Gasteiger partial charge is 0.251 e. The first-order valence-corrected chi connectivity index (χ1v) is 7.90. The Morgan fingerprint density at radius 2 is 2.04 bits per heavy atom. The second-order valence-electron chi connectivity index (χ2n) is 6.30. The van der Waals surface area contributed by atoms with Crippen LogP contribution in [0.25, 0.3) is 6.08 Å². The van der Waals surface area contributed by atoms with E-state index in [1.165, 1.54) is 6.08 Å². The number of hydrogen-bond acceptors (Lipinski definition) is 3. The first-order valence-electron chi connectivity index (χ1n) is 7.90. The maximum absolute atomic E-state index is 12.1. The minimum absolute atomic E-state index is 0.0141. The number of rotatable bonds is 5. The van der Waals surface area contributed by atoms with Crippen molar-refractivity contribution in [3.8, 4) is 0 Å². The topological polar surface area (TPSA) is 78.4 Å². The predicted molar refractivity (Wildman–Crippen MR) is 89.8 cm³/mol. The molecular weight excluding hydrogens is 292 g/mol. The Balaban J connectivity index is 1.94. The molecule has 0 radical (unpaired) electrons. The highest BCUT2D eigenvalue weighted by Gasteiger charge is 2.38. The molecule has 2 atom stereocenters. The van der Waals surface area contributed by atoms with E-state index in [0.717, 1.165) is 24.8 Å². The first kappa shape index (κ1) is 17.2. The van der Waals surface area contributed by atoms with Gasteiger partial charge in [0.1, 0.15) is 0 Å². The van der Waals surface area contributed by atoms with E-state index in [-0.39, 0.29) is 29.9 Å². The van der Waals surface area contributed by atoms with E-state index in [2.05, 4.69) is 10.6 Å². The summed E-state index contributed by atoms with van der Waals surface area (Å²) in [5.41, 5.74) is 1.21. The molecule has 2 amide bonds. The molecule has 5 nitrogen and oxygen atoms in total. The molecule has 1 aliphatic carbocycles. The number of aliphatic hydroxyl groups excluding tert-OH is 1. The molecule has 1 aliphatic rings. The lowest BCUT2D eigenvalue weighted by Gasteiger charge is -2.29. The van der Waals surface area contributed by atoms with Gasteiger partial charge in [-0.3, -0.25) is 9.59 Å². The summed E-state index contributed by atoms with van der Waals surface area (Å²) >= 11 is 0.